The van der Waals surface area contributed by atoms with Gasteiger partial charge >= 0.3 is 62.5 Å². The van der Waals surface area contributed by atoms with Gasteiger partial charge in [-0.05, 0) is 242 Å². The third-order valence-electron chi connectivity index (χ3n) is 20.6. The summed E-state index contributed by atoms with van der Waals surface area (Å²) in [6, 6.07) is 27.5. The van der Waals surface area contributed by atoms with E-state index in [4.69, 9.17) is 70.5 Å². The number of rotatable bonds is 34. The van der Waals surface area contributed by atoms with Crippen molar-refractivity contribution in [2.75, 3.05) is 51.8 Å². The maximum Gasteiger partial charge on any atom is 1.00 e. The number of aromatic nitrogens is 20. The Kier molecular flexibility index (Phi) is 59.3. The number of carbonyl (C=O) groups excluding carboxylic acids is 6. The van der Waals surface area contributed by atoms with Gasteiger partial charge in [-0.25, -0.2) is 14.4 Å². The van der Waals surface area contributed by atoms with Crippen molar-refractivity contribution in [3.63, 3.8) is 0 Å². The fourth-order valence-electron chi connectivity index (χ4n) is 12.3. The first kappa shape index (κ1) is 121. The number of ether oxygens (including phenoxy) is 5. The molecule has 16 rings (SSSR count). The Morgan fingerprint density at radius 2 is 0.785 bits per heavy atom. The second-order valence-electron chi connectivity index (χ2n) is 32.9. The van der Waals surface area contributed by atoms with Gasteiger partial charge in [0.2, 0.25) is 11.8 Å². The Hall–Kier alpha value is -11.9. The number of unbranched alkanes of at least 4 members (excludes halogenated alkanes) is 3. The number of nitrogens with one attached hydrogen (secondary N) is 5. The summed E-state index contributed by atoms with van der Waals surface area (Å²) in [4.78, 5) is 99.6. The van der Waals surface area contributed by atoms with E-state index >= 15 is 0 Å². The predicted molar refractivity (Wildman–Crippen MR) is 529 cm³/mol. The zero-order valence-electron chi connectivity index (χ0n) is 84.8. The average molecular weight is 2150 g/mol. The zero-order valence-corrected chi connectivity index (χ0v) is 89.8. The maximum absolute atomic E-state index is 12.4. The quantitative estimate of drug-likeness (QED) is 0.00610. The van der Waals surface area contributed by atoms with E-state index in [9.17, 15) is 46.7 Å². The van der Waals surface area contributed by atoms with Gasteiger partial charge in [-0.2, -0.15) is 15.3 Å². The smallest absolute Gasteiger partial charge is 1.00 e. The number of pyridine rings is 5. The topological polar surface area (TPSA) is 526 Å². The molecule has 0 radical (unpaired) electrons. The van der Waals surface area contributed by atoms with E-state index in [1.165, 1.54) is 57.2 Å². The molecule has 0 unspecified atom stereocenters. The third kappa shape index (κ3) is 51.5. The number of alkyl halides is 2. The van der Waals surface area contributed by atoms with Gasteiger partial charge in [0.15, 0.2) is 34.7 Å². The van der Waals surface area contributed by atoms with Crippen molar-refractivity contribution in [2.45, 2.75) is 250 Å². The van der Waals surface area contributed by atoms with Crippen LogP contribution in [-0.2, 0) is 99.4 Å². The summed E-state index contributed by atoms with van der Waals surface area (Å²) >= 11 is 11.8. The molecule has 5 fully saturated rings. The Balaban J connectivity index is 0.000000453. The van der Waals surface area contributed by atoms with Crippen LogP contribution in [0.15, 0.2) is 147 Å². The minimum absolute atomic E-state index is 0. The van der Waals surface area contributed by atoms with Gasteiger partial charge in [-0.3, -0.25) is 78.3 Å². The summed E-state index contributed by atoms with van der Waals surface area (Å²) in [5.41, 5.74) is 10.4. The molecule has 5 aliphatic carbocycles. The van der Waals surface area contributed by atoms with Crippen molar-refractivity contribution < 1.29 is 132 Å². The summed E-state index contributed by atoms with van der Waals surface area (Å²) in [7, 11) is 7.44. The van der Waals surface area contributed by atoms with E-state index in [1.807, 2.05) is 48.5 Å². The van der Waals surface area contributed by atoms with Crippen LogP contribution in [0.5, 0.6) is 23.0 Å². The van der Waals surface area contributed by atoms with Gasteiger partial charge in [-0.15, -0.1) is 43.0 Å². The molecule has 11 aromatic rings. The molecule has 144 heavy (non-hydrogen) atoms. The van der Waals surface area contributed by atoms with Crippen LogP contribution in [0.3, 0.4) is 0 Å². The molecule has 5 saturated carbocycles. The van der Waals surface area contributed by atoms with Crippen molar-refractivity contribution in [2.24, 2.45) is 0 Å². The van der Waals surface area contributed by atoms with Crippen LogP contribution in [0.25, 0.3) is 0 Å². The molecule has 40 nitrogen and oxygen atoms in total. The molecule has 11 aromatic heterocycles. The maximum atomic E-state index is 12.4. The second kappa shape index (κ2) is 70.8. The Labute approximate surface area is 891 Å². The van der Waals surface area contributed by atoms with Gasteiger partial charge in [0.05, 0.1) is 120 Å². The SMILES string of the molecule is CNC(=O)c1cn(CCCCc2ccc(N)nn2)nn1.CNC(=O)c1cn(CCCCc2ccc(NC(=O)Cc3cc(OC4CCC4)ccn3)nn2)nn1.CNC(=O)c1cn(CCCCc2ccc(NC(=O)Cc3cc(OC4CCC4)ccn3)nn2)nn1.Cl.Clc1cc(OC2CCC2)ccn1.Fc1ccnc(Cl)c1.O=C(O)Cc1cc(OC2CCC2)ccn1.OC1CCC1.[2H]CF.[2H]CF.[CH2-]C(=O)OC(C)(C)C.[Cl][Zn+].[H-].[Na+]. The number of carboxylic acids is 1. The number of aryl methyl sites for hydroxylation is 6. The van der Waals surface area contributed by atoms with E-state index < -0.39 is 31.8 Å². The van der Waals surface area contributed by atoms with Crippen LogP contribution >= 0.6 is 45.3 Å². The van der Waals surface area contributed by atoms with Crippen molar-refractivity contribution >= 4 is 104 Å². The van der Waals surface area contributed by atoms with Crippen LogP contribution in [0.4, 0.5) is 30.6 Å². The fourth-order valence-corrected chi connectivity index (χ4v) is 12.6. The summed E-state index contributed by atoms with van der Waals surface area (Å²) in [6.45, 7) is 10.5. The summed E-state index contributed by atoms with van der Waals surface area (Å²) in [6.07, 6.45) is 39.1. The van der Waals surface area contributed by atoms with Crippen molar-refractivity contribution in [3.8, 4) is 23.0 Å². The largest absolute Gasteiger partial charge is 1.00 e. The molecule has 0 saturated heterocycles. The number of halogens is 7. The van der Waals surface area contributed by atoms with E-state index in [2.05, 4.69) is 125 Å². The van der Waals surface area contributed by atoms with E-state index in [0.29, 0.717) is 88.6 Å². The zero-order chi connectivity index (χ0) is 105. The Bertz CT molecular complexity index is 5410. The van der Waals surface area contributed by atoms with Crippen LogP contribution in [-0.4, -0.2) is 224 Å². The number of nitrogens with two attached hydrogens (primary N) is 1. The van der Waals surface area contributed by atoms with Crippen LogP contribution in [0.1, 0.15) is 225 Å². The molecule has 0 bridgehead atoms. The number of amides is 5. The normalized spacial score (nSPS) is 13.1. The van der Waals surface area contributed by atoms with E-state index in [-0.39, 0.29) is 121 Å². The van der Waals surface area contributed by atoms with Crippen LogP contribution < -0.4 is 80.8 Å². The van der Waals surface area contributed by atoms with Gasteiger partial charge in [0.1, 0.15) is 50.5 Å². The van der Waals surface area contributed by atoms with Gasteiger partial charge in [0, 0.05) is 102 Å². The molecular formula is C95H126Cl4F3N26NaO14Zn. The van der Waals surface area contributed by atoms with Crippen LogP contribution in [0.2, 0.25) is 10.3 Å². The number of carboxylic acid groups (broad SMARTS) is 1. The standard InChI is InChI=1S/2C23H28N8O3.C12H17N7O.C11H13NO3.C9H10ClNO.C6H11O2.C5H3ClFN.C4H8O.2CH3F.2ClH.Na.Zn.H/c2*1-24-23(33)20-15-31(30-28-20)12-3-2-5-16-8-9-21(29-27-16)26-22(32)14-17-13-19(10-11-25-17)34-18-6-4-7-18;1-14-12(20)10-8-19(18-16-10)7-3-2-4-9-5-6-11(13)17-15-9;13-11(14)7-8-6-10(4-5-12-8)15-9-2-1-3-9;10-9-6-8(4-5-11-9)12-7-2-1-3-7;1-5(7)8-6(2,3)4;6-5-3-4(7)1-2-8-5;5-4-2-1-3-4;2*1-2;;;;;/h2*8-11,13,15,18H,2-7,12,14H2,1H3,(H,24,33)(H,26,29,32);5-6,8H,2-4,7H2,1H3,(H2,13,17)(H,14,20);4-6,9H,1-3,7H2,(H,13,14);4-7H,1-3H2;1H2,2-4H3;1-3H;4-5H,1-3H2;2*1H3;2*1H;;;/q;;;;;-1;;;;;;;+1;+2;-1/p-1/i;;;;;;;;2*1D;;;;;. The molecule has 9 N–H and O–H groups in total. The summed E-state index contributed by atoms with van der Waals surface area (Å²) in [5, 5.41) is 78.5. The molecule has 49 heteroatoms. The predicted octanol–water partition coefficient (Wildman–Crippen LogP) is 11.2. The molecule has 0 atom stereocenters. The number of nitrogens with zero attached hydrogens (tertiary/aromatic N) is 20. The number of aliphatic carboxylic acids is 1. The van der Waals surface area contributed by atoms with Crippen molar-refractivity contribution in [1.29, 1.82) is 0 Å². The fraction of sp³-hybridized carbons (Fsp3) is 0.463. The number of aliphatic hydroxyl groups is 1. The Morgan fingerprint density at radius 3 is 1.03 bits per heavy atom. The number of aliphatic hydroxyl groups excluding tert-OH is 1. The molecule has 11 heterocycles. The minimum Gasteiger partial charge on any atom is -1.00 e. The number of hydrogen-bond acceptors (Lipinski definition) is 31. The Morgan fingerprint density at radius 1 is 0.472 bits per heavy atom. The third-order valence-corrected chi connectivity index (χ3v) is 21.0. The van der Waals surface area contributed by atoms with E-state index in [1.54, 1.807) is 136 Å². The van der Waals surface area contributed by atoms with Crippen LogP contribution in [0, 0.1) is 12.7 Å². The van der Waals surface area contributed by atoms with Crippen molar-refractivity contribution in [3.05, 3.63) is 221 Å². The minimum atomic E-state index is -1.00. The number of carbonyl (C=O) groups is 7. The molecule has 0 aliphatic heterocycles. The molecule has 0 spiro atoms. The molecule has 772 valence electrons. The van der Waals surface area contributed by atoms with E-state index in [0.717, 1.165) is 173 Å². The van der Waals surface area contributed by atoms with Gasteiger partial charge < -0.3 is 67.6 Å². The second-order valence-corrected chi connectivity index (χ2v) is 33.7. The number of anilines is 3. The number of esters is 1. The summed E-state index contributed by atoms with van der Waals surface area (Å²) < 4.78 is 75.7. The average Bonchev–Trinajstić information content (AvgIpc) is 1.87. The molecule has 0 aromatic carbocycles. The molecular weight excluding hydrogens is 2020 g/mol. The number of nitrogen functional groups attached to an aromatic ring is 1. The van der Waals surface area contributed by atoms with Crippen molar-refractivity contribution in [1.82, 2.24) is 116 Å². The van der Waals surface area contributed by atoms with Gasteiger partial charge in [-0.1, -0.05) is 38.8 Å². The molecule has 5 amide bonds. The molecule has 5 aliphatic rings. The summed E-state index contributed by atoms with van der Waals surface area (Å²) in [5.74, 6) is 1.44. The first-order valence-electron chi connectivity index (χ1n) is 47.3. The van der Waals surface area contributed by atoms with Gasteiger partial charge in [0.25, 0.3) is 17.7 Å². The first-order valence-corrected chi connectivity index (χ1v) is 50.5. The number of hydrogen-bond donors (Lipinski definition) is 8. The monoisotopic (exact) mass is 2140 g/mol. The first-order chi connectivity index (χ1) is 69.4.